The highest BCUT2D eigenvalue weighted by Gasteiger charge is 2.31. The molecule has 1 amide bonds. The summed E-state index contributed by atoms with van der Waals surface area (Å²) in [5, 5.41) is 0. The maximum Gasteiger partial charge on any atom is 0.227 e. The van der Waals surface area contributed by atoms with Crippen LogP contribution in [0.3, 0.4) is 0 Å². The number of fused-ring (bicyclic) bond motifs is 1. The Morgan fingerprint density at radius 3 is 2.59 bits per heavy atom. The summed E-state index contributed by atoms with van der Waals surface area (Å²) in [6.45, 7) is 13.5. The second-order valence-corrected chi connectivity index (χ2v) is 9.94. The van der Waals surface area contributed by atoms with Crippen molar-refractivity contribution in [1.82, 2.24) is 19.4 Å². The first-order chi connectivity index (χ1) is 16.5. The van der Waals surface area contributed by atoms with Gasteiger partial charge in [0.15, 0.2) is 0 Å². The first-order valence-corrected chi connectivity index (χ1v) is 12.8. The first kappa shape index (κ1) is 22.9. The number of para-hydroxylation sites is 2. The highest BCUT2D eigenvalue weighted by molar-refractivity contribution is 5.79. The standard InChI is InChI=1S/C28H37N5O/c1-4-33-26-10-6-5-9-24(26)29-27(33)20-30-13-7-8-23(19-30)28(34)32-16-14-31(15-17-32)25-12-11-21(2)18-22(25)3/h5-6,9-12,18,23H,4,7-8,13-17,19-20H2,1-3H3/t23-/m1/s1. The number of hydrogen-bond acceptors (Lipinski definition) is 4. The lowest BCUT2D eigenvalue weighted by Crippen LogP contribution is -2.52. The van der Waals surface area contributed by atoms with Gasteiger partial charge in [0.1, 0.15) is 5.82 Å². The molecule has 180 valence electrons. The largest absolute Gasteiger partial charge is 0.368 e. The third-order valence-corrected chi connectivity index (χ3v) is 7.55. The Hall–Kier alpha value is -2.86. The number of aryl methyl sites for hydroxylation is 3. The van der Waals surface area contributed by atoms with E-state index in [1.165, 1.54) is 22.3 Å². The summed E-state index contributed by atoms with van der Waals surface area (Å²) in [7, 11) is 0. The molecular formula is C28H37N5O. The van der Waals surface area contributed by atoms with Crippen molar-refractivity contribution in [2.45, 2.75) is 46.7 Å². The first-order valence-electron chi connectivity index (χ1n) is 12.8. The van der Waals surface area contributed by atoms with Gasteiger partial charge < -0.3 is 14.4 Å². The maximum absolute atomic E-state index is 13.4. The van der Waals surface area contributed by atoms with Gasteiger partial charge in [-0.15, -0.1) is 0 Å². The van der Waals surface area contributed by atoms with Crippen LogP contribution in [0.15, 0.2) is 42.5 Å². The molecule has 2 saturated heterocycles. The number of piperazine rings is 1. The average molecular weight is 460 g/mol. The van der Waals surface area contributed by atoms with Crippen molar-refractivity contribution < 1.29 is 4.79 Å². The summed E-state index contributed by atoms with van der Waals surface area (Å²) in [4.78, 5) is 25.3. The molecule has 0 unspecified atom stereocenters. The summed E-state index contributed by atoms with van der Waals surface area (Å²) in [6, 6.07) is 15.0. The molecule has 1 aromatic heterocycles. The van der Waals surface area contributed by atoms with Crippen molar-refractivity contribution in [1.29, 1.82) is 0 Å². The van der Waals surface area contributed by atoms with Gasteiger partial charge in [-0.2, -0.15) is 0 Å². The molecule has 5 rings (SSSR count). The molecule has 3 aromatic rings. The lowest BCUT2D eigenvalue weighted by Gasteiger charge is -2.40. The van der Waals surface area contributed by atoms with E-state index in [1.54, 1.807) is 0 Å². The number of likely N-dealkylation sites (tertiary alicyclic amines) is 1. The maximum atomic E-state index is 13.4. The fraction of sp³-hybridized carbons (Fsp3) is 0.500. The van der Waals surface area contributed by atoms with E-state index in [-0.39, 0.29) is 5.92 Å². The molecule has 1 atom stereocenters. The third kappa shape index (κ3) is 4.56. The van der Waals surface area contributed by atoms with Gasteiger partial charge in [0.25, 0.3) is 0 Å². The number of benzene rings is 2. The molecule has 6 nitrogen and oxygen atoms in total. The third-order valence-electron chi connectivity index (χ3n) is 7.55. The predicted octanol–water partition coefficient (Wildman–Crippen LogP) is 4.23. The van der Waals surface area contributed by atoms with Crippen molar-refractivity contribution in [3.8, 4) is 0 Å². The number of amides is 1. The number of hydrogen-bond donors (Lipinski definition) is 0. The highest BCUT2D eigenvalue weighted by atomic mass is 16.2. The van der Waals surface area contributed by atoms with Crippen molar-refractivity contribution in [3.63, 3.8) is 0 Å². The quantitative estimate of drug-likeness (QED) is 0.573. The SMILES string of the molecule is CCn1c(CN2CCC[C@@H](C(=O)N3CCN(c4ccc(C)cc4C)CC3)C2)nc2ccccc21. The van der Waals surface area contributed by atoms with Crippen LogP contribution in [0.1, 0.15) is 36.7 Å². The topological polar surface area (TPSA) is 44.6 Å². The smallest absolute Gasteiger partial charge is 0.227 e. The number of nitrogens with zero attached hydrogens (tertiary/aromatic N) is 5. The van der Waals surface area contributed by atoms with E-state index in [2.05, 4.69) is 82.5 Å². The number of rotatable bonds is 5. The van der Waals surface area contributed by atoms with E-state index in [0.29, 0.717) is 5.91 Å². The van der Waals surface area contributed by atoms with Gasteiger partial charge in [-0.3, -0.25) is 9.69 Å². The summed E-state index contributed by atoms with van der Waals surface area (Å²) in [5.41, 5.74) is 6.18. The average Bonchev–Trinajstić information content (AvgIpc) is 3.21. The molecule has 3 heterocycles. The zero-order chi connectivity index (χ0) is 23.7. The van der Waals surface area contributed by atoms with Crippen LogP contribution in [0, 0.1) is 19.8 Å². The number of piperidine rings is 1. The fourth-order valence-corrected chi connectivity index (χ4v) is 5.79. The predicted molar refractivity (Wildman–Crippen MR) is 138 cm³/mol. The molecule has 0 bridgehead atoms. The van der Waals surface area contributed by atoms with Crippen molar-refractivity contribution >= 4 is 22.6 Å². The van der Waals surface area contributed by atoms with Gasteiger partial charge in [0, 0.05) is 45.0 Å². The van der Waals surface area contributed by atoms with E-state index in [4.69, 9.17) is 4.98 Å². The van der Waals surface area contributed by atoms with Crippen LogP contribution in [-0.2, 0) is 17.9 Å². The zero-order valence-corrected chi connectivity index (χ0v) is 20.8. The van der Waals surface area contributed by atoms with Gasteiger partial charge in [0.2, 0.25) is 5.91 Å². The Morgan fingerprint density at radius 2 is 1.82 bits per heavy atom. The number of anilines is 1. The second kappa shape index (κ2) is 9.79. The van der Waals surface area contributed by atoms with E-state index < -0.39 is 0 Å². The monoisotopic (exact) mass is 459 g/mol. The Labute approximate surface area is 203 Å². The molecule has 0 N–H and O–H groups in total. The lowest BCUT2D eigenvalue weighted by atomic mass is 9.96. The summed E-state index contributed by atoms with van der Waals surface area (Å²) in [6.07, 6.45) is 2.07. The highest BCUT2D eigenvalue weighted by Crippen LogP contribution is 2.25. The van der Waals surface area contributed by atoms with Crippen LogP contribution in [0.2, 0.25) is 0 Å². The molecular weight excluding hydrogens is 422 g/mol. The second-order valence-electron chi connectivity index (χ2n) is 9.94. The summed E-state index contributed by atoms with van der Waals surface area (Å²) < 4.78 is 2.31. The minimum atomic E-state index is 0.0980. The van der Waals surface area contributed by atoms with E-state index in [9.17, 15) is 4.79 Å². The van der Waals surface area contributed by atoms with Crippen LogP contribution < -0.4 is 4.90 Å². The molecule has 0 saturated carbocycles. The van der Waals surface area contributed by atoms with Crippen molar-refractivity contribution in [2.75, 3.05) is 44.2 Å². The summed E-state index contributed by atoms with van der Waals surface area (Å²) >= 11 is 0. The van der Waals surface area contributed by atoms with Gasteiger partial charge >= 0.3 is 0 Å². The molecule has 0 aliphatic carbocycles. The van der Waals surface area contributed by atoms with Gasteiger partial charge in [0.05, 0.1) is 23.5 Å². The number of carbonyl (C=O) groups excluding carboxylic acids is 1. The van der Waals surface area contributed by atoms with E-state index >= 15 is 0 Å². The zero-order valence-electron chi connectivity index (χ0n) is 20.8. The van der Waals surface area contributed by atoms with Crippen LogP contribution in [-0.4, -0.2) is 64.5 Å². The van der Waals surface area contributed by atoms with Crippen molar-refractivity contribution in [3.05, 3.63) is 59.4 Å². The normalized spacial score (nSPS) is 19.7. The van der Waals surface area contributed by atoms with Gasteiger partial charge in [-0.25, -0.2) is 4.98 Å². The van der Waals surface area contributed by atoms with Crippen LogP contribution >= 0.6 is 0 Å². The van der Waals surface area contributed by atoms with Crippen LogP contribution in [0.5, 0.6) is 0 Å². The minimum absolute atomic E-state index is 0.0980. The Bertz CT molecular complexity index is 1160. The molecule has 2 fully saturated rings. The molecule has 0 spiro atoms. The molecule has 2 aromatic carbocycles. The summed E-state index contributed by atoms with van der Waals surface area (Å²) in [5.74, 6) is 1.55. The molecule has 2 aliphatic heterocycles. The van der Waals surface area contributed by atoms with E-state index in [1.807, 2.05) is 0 Å². The van der Waals surface area contributed by atoms with Crippen molar-refractivity contribution in [2.24, 2.45) is 5.92 Å². The Balaban J connectivity index is 1.20. The minimum Gasteiger partial charge on any atom is -0.368 e. The van der Waals surface area contributed by atoms with Gasteiger partial charge in [-0.1, -0.05) is 29.8 Å². The lowest BCUT2D eigenvalue weighted by molar-refractivity contribution is -0.137. The fourth-order valence-electron chi connectivity index (χ4n) is 5.79. The Morgan fingerprint density at radius 1 is 1.03 bits per heavy atom. The van der Waals surface area contributed by atoms with E-state index in [0.717, 1.165) is 76.5 Å². The number of aromatic nitrogens is 2. The molecule has 2 aliphatic rings. The molecule has 0 radical (unpaired) electrons. The van der Waals surface area contributed by atoms with Crippen LogP contribution in [0.4, 0.5) is 5.69 Å². The van der Waals surface area contributed by atoms with Crippen LogP contribution in [0.25, 0.3) is 11.0 Å². The molecule has 6 heteroatoms. The van der Waals surface area contributed by atoms with Gasteiger partial charge in [-0.05, 0) is 63.9 Å². The number of carbonyl (C=O) groups is 1. The number of imidazole rings is 1. The molecule has 34 heavy (non-hydrogen) atoms. The Kier molecular flexibility index (Phi) is 6.59.